The van der Waals surface area contributed by atoms with E-state index in [0.717, 1.165) is 12.1 Å². The largest absolute Gasteiger partial charge is 0.390 e. The minimum absolute atomic E-state index is 0.139. The number of rotatable bonds is 4. The molecule has 20 heavy (non-hydrogen) atoms. The third-order valence-electron chi connectivity index (χ3n) is 2.84. The third kappa shape index (κ3) is 2.70. The van der Waals surface area contributed by atoms with E-state index in [1.165, 1.54) is 17.8 Å². The highest BCUT2D eigenvalue weighted by Gasteiger charge is 2.23. The van der Waals surface area contributed by atoms with Gasteiger partial charge < -0.3 is 9.67 Å². The van der Waals surface area contributed by atoms with Crippen LogP contribution in [-0.2, 0) is 29.2 Å². The number of aromatic nitrogens is 2. The fourth-order valence-electron chi connectivity index (χ4n) is 1.77. The van der Waals surface area contributed by atoms with Crippen molar-refractivity contribution in [1.29, 1.82) is 0 Å². The van der Waals surface area contributed by atoms with Gasteiger partial charge in [-0.15, -0.1) is 0 Å². The van der Waals surface area contributed by atoms with Gasteiger partial charge in [0.25, 0.3) is 0 Å². The van der Waals surface area contributed by atoms with Crippen LogP contribution in [0, 0.1) is 11.6 Å². The zero-order valence-electron chi connectivity index (χ0n) is 10.5. The molecule has 0 spiro atoms. The molecule has 1 heterocycles. The Bertz CT molecular complexity index is 741. The maximum atomic E-state index is 13.5. The fraction of sp³-hybridized carbons (Fsp3) is 0.250. The molecule has 108 valence electrons. The summed E-state index contributed by atoms with van der Waals surface area (Å²) in [6.07, 6.45) is 1.23. The molecule has 0 radical (unpaired) electrons. The number of hydrogen-bond donors (Lipinski definition) is 1. The molecule has 0 atom stereocenters. The average Bonchev–Trinajstić information content (AvgIpc) is 2.74. The highest BCUT2D eigenvalue weighted by molar-refractivity contribution is 7.90. The van der Waals surface area contributed by atoms with Crippen LogP contribution < -0.4 is 0 Å². The number of aliphatic hydroxyl groups excluding tert-OH is 1. The average molecular weight is 302 g/mol. The highest BCUT2D eigenvalue weighted by atomic mass is 32.2. The van der Waals surface area contributed by atoms with Crippen molar-refractivity contribution in [3.05, 3.63) is 47.3 Å². The molecule has 1 aromatic heterocycles. The van der Waals surface area contributed by atoms with Gasteiger partial charge in [0, 0.05) is 18.7 Å². The van der Waals surface area contributed by atoms with E-state index in [-0.39, 0.29) is 17.3 Å². The number of halogens is 2. The smallest absolute Gasteiger partial charge is 0.227 e. The van der Waals surface area contributed by atoms with Crippen molar-refractivity contribution in [1.82, 2.24) is 9.55 Å². The quantitative estimate of drug-likeness (QED) is 0.920. The number of benzene rings is 1. The molecule has 0 aliphatic carbocycles. The van der Waals surface area contributed by atoms with Gasteiger partial charge in [-0.3, -0.25) is 0 Å². The lowest BCUT2D eigenvalue weighted by molar-refractivity contribution is 0.271. The zero-order valence-corrected chi connectivity index (χ0v) is 11.4. The minimum Gasteiger partial charge on any atom is -0.390 e. The summed E-state index contributed by atoms with van der Waals surface area (Å²) in [4.78, 5) is 3.72. The summed E-state index contributed by atoms with van der Waals surface area (Å²) >= 11 is 0. The normalized spacial score (nSPS) is 11.8. The van der Waals surface area contributed by atoms with Crippen molar-refractivity contribution < 1.29 is 22.3 Å². The Labute approximate surface area is 114 Å². The molecule has 2 rings (SSSR count). The molecule has 0 amide bonds. The van der Waals surface area contributed by atoms with Crippen LogP contribution in [0.5, 0.6) is 0 Å². The van der Waals surface area contributed by atoms with Gasteiger partial charge >= 0.3 is 0 Å². The molecule has 1 aromatic carbocycles. The van der Waals surface area contributed by atoms with Crippen LogP contribution in [0.15, 0.2) is 29.6 Å². The van der Waals surface area contributed by atoms with Gasteiger partial charge in [-0.2, -0.15) is 0 Å². The summed E-state index contributed by atoms with van der Waals surface area (Å²) in [6, 6.07) is 2.70. The van der Waals surface area contributed by atoms with E-state index in [1.807, 2.05) is 0 Å². The van der Waals surface area contributed by atoms with Crippen LogP contribution in [0.2, 0.25) is 0 Å². The molecule has 0 aliphatic rings. The van der Waals surface area contributed by atoms with Crippen LogP contribution in [0.25, 0.3) is 0 Å². The SMILES string of the molecule is Cn1c(CO)cnc1S(=O)(=O)Cc1ccc(F)cc1F. The van der Waals surface area contributed by atoms with Gasteiger partial charge in [-0.05, 0) is 6.07 Å². The van der Waals surface area contributed by atoms with Crippen LogP contribution in [0.1, 0.15) is 11.3 Å². The number of sulfone groups is 1. The summed E-state index contributed by atoms with van der Waals surface area (Å²) in [5.41, 5.74) is 0.183. The second-order valence-electron chi connectivity index (χ2n) is 4.24. The first-order valence-corrected chi connectivity index (χ1v) is 7.28. The molecule has 2 aromatic rings. The second-order valence-corrected chi connectivity index (χ2v) is 6.13. The first kappa shape index (κ1) is 14.6. The third-order valence-corrected chi connectivity index (χ3v) is 4.47. The van der Waals surface area contributed by atoms with Crippen LogP contribution in [0.4, 0.5) is 8.78 Å². The molecule has 0 unspecified atom stereocenters. The topological polar surface area (TPSA) is 72.2 Å². The monoisotopic (exact) mass is 302 g/mol. The molecule has 8 heteroatoms. The lowest BCUT2D eigenvalue weighted by atomic mass is 10.2. The second kappa shape index (κ2) is 5.29. The zero-order chi connectivity index (χ0) is 14.9. The lowest BCUT2D eigenvalue weighted by Gasteiger charge is -2.07. The van der Waals surface area contributed by atoms with E-state index in [4.69, 9.17) is 5.11 Å². The Morgan fingerprint density at radius 2 is 2.05 bits per heavy atom. The lowest BCUT2D eigenvalue weighted by Crippen LogP contribution is -2.13. The van der Waals surface area contributed by atoms with Crippen molar-refractivity contribution in [2.45, 2.75) is 17.5 Å². The Morgan fingerprint density at radius 3 is 2.60 bits per heavy atom. The van der Waals surface area contributed by atoms with E-state index in [0.29, 0.717) is 11.8 Å². The first-order chi connectivity index (χ1) is 9.35. The highest BCUT2D eigenvalue weighted by Crippen LogP contribution is 2.18. The predicted molar refractivity (Wildman–Crippen MR) is 66.4 cm³/mol. The molecule has 0 saturated carbocycles. The minimum atomic E-state index is -3.89. The van der Waals surface area contributed by atoms with Crippen molar-refractivity contribution >= 4 is 9.84 Å². The van der Waals surface area contributed by atoms with Crippen molar-refractivity contribution in [3.8, 4) is 0 Å². The van der Waals surface area contributed by atoms with Crippen molar-refractivity contribution in [2.24, 2.45) is 7.05 Å². The van der Waals surface area contributed by atoms with Crippen LogP contribution in [-0.4, -0.2) is 23.1 Å². The molecule has 5 nitrogen and oxygen atoms in total. The number of imidazole rings is 1. The van der Waals surface area contributed by atoms with Gasteiger partial charge in [0.2, 0.25) is 15.0 Å². The number of hydrogen-bond acceptors (Lipinski definition) is 4. The van der Waals surface area contributed by atoms with E-state index in [1.54, 1.807) is 0 Å². The summed E-state index contributed by atoms with van der Waals surface area (Å²) in [5, 5.41) is 8.73. The maximum Gasteiger partial charge on any atom is 0.227 e. The van der Waals surface area contributed by atoms with Gasteiger partial charge in [0.15, 0.2) is 0 Å². The van der Waals surface area contributed by atoms with Crippen molar-refractivity contribution in [3.63, 3.8) is 0 Å². The Balaban J connectivity index is 2.38. The maximum absolute atomic E-state index is 13.5. The van der Waals surface area contributed by atoms with Gasteiger partial charge in [-0.1, -0.05) is 6.07 Å². The molecular formula is C12H12F2N2O3S. The summed E-state index contributed by atoms with van der Waals surface area (Å²) in [6.45, 7) is -0.357. The van der Waals surface area contributed by atoms with E-state index in [9.17, 15) is 17.2 Å². The van der Waals surface area contributed by atoms with E-state index >= 15 is 0 Å². The summed E-state index contributed by atoms with van der Waals surface area (Å²) < 4.78 is 51.8. The van der Waals surface area contributed by atoms with Gasteiger partial charge in [0.1, 0.15) is 11.6 Å². The molecule has 0 bridgehead atoms. The molecule has 0 saturated heterocycles. The number of aliphatic hydroxyl groups is 1. The number of nitrogens with zero attached hydrogens (tertiary/aromatic N) is 2. The molecule has 1 N–H and O–H groups in total. The molecule has 0 fully saturated rings. The summed E-state index contributed by atoms with van der Waals surface area (Å²) in [5.74, 6) is -2.33. The standard InChI is InChI=1S/C12H12F2N2O3S/c1-16-10(6-17)5-15-12(16)20(18,19)7-8-2-3-9(13)4-11(8)14/h2-5,17H,6-7H2,1H3. The van der Waals surface area contributed by atoms with Crippen LogP contribution in [0.3, 0.4) is 0 Å². The Hall–Kier alpha value is -1.80. The predicted octanol–water partition coefficient (Wildman–Crippen LogP) is 1.16. The van der Waals surface area contributed by atoms with Gasteiger partial charge in [0.05, 0.1) is 24.3 Å². The first-order valence-electron chi connectivity index (χ1n) is 5.63. The van der Waals surface area contributed by atoms with Gasteiger partial charge in [-0.25, -0.2) is 22.2 Å². The van der Waals surface area contributed by atoms with E-state index < -0.39 is 27.2 Å². The molecular weight excluding hydrogens is 290 g/mol. The molecule has 0 aliphatic heterocycles. The fourth-order valence-corrected chi connectivity index (χ4v) is 3.29. The van der Waals surface area contributed by atoms with Crippen molar-refractivity contribution in [2.75, 3.05) is 0 Å². The van der Waals surface area contributed by atoms with Crippen LogP contribution >= 0.6 is 0 Å². The van der Waals surface area contributed by atoms with E-state index in [2.05, 4.69) is 4.98 Å². The Morgan fingerprint density at radius 1 is 1.35 bits per heavy atom. The Kier molecular flexibility index (Phi) is 3.87. The summed E-state index contributed by atoms with van der Waals surface area (Å²) in [7, 11) is -2.45.